The van der Waals surface area contributed by atoms with Gasteiger partial charge in [-0.25, -0.2) is 4.79 Å². The van der Waals surface area contributed by atoms with Gasteiger partial charge in [-0.3, -0.25) is 4.48 Å². The molecule has 0 spiro atoms. The number of nitrogens with zero attached hydrogens (tertiary/aromatic N) is 1. The van der Waals surface area contributed by atoms with Gasteiger partial charge in [0.2, 0.25) is 0 Å². The average molecular weight is 304 g/mol. The number of rotatable bonds is 14. The molecule has 0 amide bonds. The second-order valence-electron chi connectivity index (χ2n) is 5.20. The van der Waals surface area contributed by atoms with Crippen molar-refractivity contribution in [2.75, 3.05) is 46.2 Å². The molecule has 0 aliphatic rings. The van der Waals surface area contributed by atoms with Crippen LogP contribution in [0.25, 0.3) is 0 Å². The topological polar surface area (TPSA) is 87.0 Å². The first-order chi connectivity index (χ1) is 10.1. The fourth-order valence-electron chi connectivity index (χ4n) is 2.16. The summed E-state index contributed by atoms with van der Waals surface area (Å²) in [6.07, 6.45) is 8.32. The fraction of sp³-hybridized carbons (Fsp3) is 0.800. The molecule has 0 saturated heterocycles. The molecule has 0 aliphatic carbocycles. The maximum absolute atomic E-state index is 11.0. The zero-order chi connectivity index (χ0) is 16.0. The summed E-state index contributed by atoms with van der Waals surface area (Å²) in [6.45, 7) is 3.01. The van der Waals surface area contributed by atoms with Crippen LogP contribution in [0.2, 0.25) is 0 Å². The van der Waals surface area contributed by atoms with E-state index in [4.69, 9.17) is 20.1 Å². The van der Waals surface area contributed by atoms with Crippen LogP contribution in [0, 0.1) is 0 Å². The average Bonchev–Trinajstić information content (AvgIpc) is 2.41. The van der Waals surface area contributed by atoms with Gasteiger partial charge >= 0.3 is 5.97 Å². The molecule has 124 valence electrons. The Bertz CT molecular complexity index is 288. The van der Waals surface area contributed by atoms with Gasteiger partial charge in [-0.15, -0.1) is 0 Å². The van der Waals surface area contributed by atoms with Crippen LogP contribution in [0.3, 0.4) is 0 Å². The number of hydrogen-bond donors (Lipinski definition) is 3. The summed E-state index contributed by atoms with van der Waals surface area (Å²) in [5.74, 6) is -0.954. The summed E-state index contributed by atoms with van der Waals surface area (Å²) in [4.78, 5) is 11.0. The number of carbonyl (C=O) groups is 1. The van der Waals surface area contributed by atoms with Crippen LogP contribution in [0.1, 0.15) is 32.6 Å². The maximum atomic E-state index is 11.0. The molecule has 0 aromatic heterocycles. The minimum atomic E-state index is -0.954. The zero-order valence-corrected chi connectivity index (χ0v) is 13.0. The minimum absolute atomic E-state index is 0.0536. The minimum Gasteiger partial charge on any atom is -0.477 e. The van der Waals surface area contributed by atoms with Crippen LogP contribution in [-0.4, -0.2) is 72.0 Å². The van der Waals surface area contributed by atoms with E-state index >= 15 is 0 Å². The Morgan fingerprint density at radius 2 is 1.81 bits per heavy atom. The lowest BCUT2D eigenvalue weighted by Gasteiger charge is -2.35. The first-order valence-corrected chi connectivity index (χ1v) is 7.61. The van der Waals surface area contributed by atoms with Gasteiger partial charge in [0.25, 0.3) is 0 Å². The summed E-state index contributed by atoms with van der Waals surface area (Å²) in [6, 6.07) is 0. The molecular weight excluding hydrogens is 274 g/mol. The quantitative estimate of drug-likeness (QED) is 0.193. The van der Waals surface area contributed by atoms with Gasteiger partial charge in [0, 0.05) is 0 Å². The highest BCUT2D eigenvalue weighted by Gasteiger charge is 2.29. The predicted molar refractivity (Wildman–Crippen MR) is 80.8 cm³/mol. The number of ether oxygens (including phenoxy) is 1. The molecule has 0 fully saturated rings. The van der Waals surface area contributed by atoms with E-state index in [-0.39, 0.29) is 44.1 Å². The van der Waals surface area contributed by atoms with Crippen molar-refractivity contribution in [3.63, 3.8) is 0 Å². The standard InChI is InChI=1S/C15H29NO5/c1-2-3-4-5-6-7-12-21-14-16(8-10-17,9-11-18)13-15(19)20/h3-4,17-18H,2,5-14H2,1H3/p+1/b4-3+. The van der Waals surface area contributed by atoms with Gasteiger partial charge in [0.1, 0.15) is 13.1 Å². The lowest BCUT2D eigenvalue weighted by molar-refractivity contribution is -0.939. The van der Waals surface area contributed by atoms with Gasteiger partial charge in [0.05, 0.1) is 19.8 Å². The highest BCUT2D eigenvalue weighted by Crippen LogP contribution is 2.08. The number of aliphatic carboxylic acids is 1. The molecular formula is C15H30NO5+. The van der Waals surface area contributed by atoms with E-state index in [0.717, 1.165) is 25.7 Å². The highest BCUT2D eigenvalue weighted by atomic mass is 16.5. The van der Waals surface area contributed by atoms with Crippen LogP contribution in [0.4, 0.5) is 0 Å². The molecule has 0 aromatic rings. The monoisotopic (exact) mass is 304 g/mol. The van der Waals surface area contributed by atoms with E-state index in [1.807, 2.05) is 0 Å². The molecule has 21 heavy (non-hydrogen) atoms. The van der Waals surface area contributed by atoms with Crippen LogP contribution >= 0.6 is 0 Å². The van der Waals surface area contributed by atoms with Crippen LogP contribution in [-0.2, 0) is 9.53 Å². The number of carboxylic acid groups (broad SMARTS) is 1. The van der Waals surface area contributed by atoms with Crippen molar-refractivity contribution in [1.29, 1.82) is 0 Å². The van der Waals surface area contributed by atoms with Gasteiger partial charge in [0.15, 0.2) is 13.3 Å². The lowest BCUT2D eigenvalue weighted by Crippen LogP contribution is -2.55. The summed E-state index contributed by atoms with van der Waals surface area (Å²) >= 11 is 0. The fourth-order valence-corrected chi connectivity index (χ4v) is 2.16. The number of carboxylic acids is 1. The Morgan fingerprint density at radius 3 is 2.33 bits per heavy atom. The zero-order valence-electron chi connectivity index (χ0n) is 13.0. The molecule has 0 unspecified atom stereocenters. The third-order valence-corrected chi connectivity index (χ3v) is 3.30. The number of aliphatic hydroxyl groups is 2. The highest BCUT2D eigenvalue weighted by molar-refractivity contribution is 5.67. The smallest absolute Gasteiger partial charge is 0.359 e. The molecule has 3 N–H and O–H groups in total. The molecule has 0 rings (SSSR count). The first kappa shape index (κ1) is 20.1. The van der Waals surface area contributed by atoms with Crippen LogP contribution < -0.4 is 0 Å². The van der Waals surface area contributed by atoms with Crippen molar-refractivity contribution in [3.8, 4) is 0 Å². The third-order valence-electron chi connectivity index (χ3n) is 3.30. The Kier molecular flexibility index (Phi) is 12.2. The Labute approximate surface area is 127 Å². The maximum Gasteiger partial charge on any atom is 0.359 e. The van der Waals surface area contributed by atoms with Crippen molar-refractivity contribution in [3.05, 3.63) is 12.2 Å². The third kappa shape index (κ3) is 10.4. The van der Waals surface area contributed by atoms with E-state index < -0.39 is 5.97 Å². The molecule has 0 saturated carbocycles. The molecule has 0 radical (unpaired) electrons. The SMILES string of the molecule is CC/C=C/CCCCOC[N+](CCO)(CCO)CC(=O)O. The molecule has 0 bridgehead atoms. The largest absolute Gasteiger partial charge is 0.477 e. The van der Waals surface area contributed by atoms with Crippen molar-refractivity contribution >= 4 is 5.97 Å². The number of hydrogen-bond acceptors (Lipinski definition) is 4. The van der Waals surface area contributed by atoms with Gasteiger partial charge in [-0.2, -0.15) is 0 Å². The van der Waals surface area contributed by atoms with E-state index in [1.165, 1.54) is 0 Å². The molecule has 0 aromatic carbocycles. The number of unbranched alkanes of at least 4 members (excludes halogenated alkanes) is 2. The van der Waals surface area contributed by atoms with Crippen LogP contribution in [0.15, 0.2) is 12.2 Å². The van der Waals surface area contributed by atoms with Crippen molar-refractivity contribution in [2.45, 2.75) is 32.6 Å². The first-order valence-electron chi connectivity index (χ1n) is 7.61. The number of aliphatic hydroxyl groups excluding tert-OH is 2. The molecule has 6 nitrogen and oxygen atoms in total. The van der Waals surface area contributed by atoms with Gasteiger partial charge in [-0.05, 0) is 25.7 Å². The van der Waals surface area contributed by atoms with Crippen LogP contribution in [0.5, 0.6) is 0 Å². The lowest BCUT2D eigenvalue weighted by atomic mass is 10.2. The Morgan fingerprint density at radius 1 is 1.14 bits per heavy atom. The predicted octanol–water partition coefficient (Wildman–Crippen LogP) is 0.983. The number of quaternary nitrogens is 1. The van der Waals surface area contributed by atoms with Crippen molar-refractivity contribution in [2.24, 2.45) is 0 Å². The second-order valence-corrected chi connectivity index (χ2v) is 5.20. The van der Waals surface area contributed by atoms with Crippen molar-refractivity contribution in [1.82, 2.24) is 0 Å². The van der Waals surface area contributed by atoms with E-state index in [0.29, 0.717) is 6.61 Å². The summed E-state index contributed by atoms with van der Waals surface area (Å²) in [7, 11) is 0. The van der Waals surface area contributed by atoms with Gasteiger partial charge < -0.3 is 20.1 Å². The second kappa shape index (κ2) is 12.8. The molecule has 0 atom stereocenters. The number of allylic oxidation sites excluding steroid dienone is 2. The molecule has 6 heteroatoms. The Hall–Kier alpha value is -0.950. The molecule has 0 heterocycles. The van der Waals surface area contributed by atoms with E-state index in [2.05, 4.69) is 19.1 Å². The normalized spacial score (nSPS) is 12.1. The van der Waals surface area contributed by atoms with Crippen molar-refractivity contribution < 1.29 is 29.3 Å². The summed E-state index contributed by atoms with van der Waals surface area (Å²) < 4.78 is 5.63. The van der Waals surface area contributed by atoms with Gasteiger partial charge in [-0.1, -0.05) is 19.1 Å². The summed E-state index contributed by atoms with van der Waals surface area (Å²) in [5.41, 5.74) is 0. The van der Waals surface area contributed by atoms with E-state index in [9.17, 15) is 4.79 Å². The summed E-state index contributed by atoms with van der Waals surface area (Å²) in [5, 5.41) is 27.2. The van der Waals surface area contributed by atoms with E-state index in [1.54, 1.807) is 0 Å². The Balaban J connectivity index is 4.10. The molecule has 0 aliphatic heterocycles.